The van der Waals surface area contributed by atoms with Gasteiger partial charge in [0.15, 0.2) is 11.5 Å². The van der Waals surface area contributed by atoms with E-state index in [4.69, 9.17) is 10.5 Å². The van der Waals surface area contributed by atoms with Gasteiger partial charge in [-0.2, -0.15) is 5.10 Å². The minimum atomic E-state index is -0.646. The van der Waals surface area contributed by atoms with Crippen LogP contribution in [0.25, 0.3) is 5.57 Å². The molecule has 7 heteroatoms. The monoisotopic (exact) mass is 326 g/mol. The first-order valence-corrected chi connectivity index (χ1v) is 7.64. The van der Waals surface area contributed by atoms with Gasteiger partial charge >= 0.3 is 0 Å². The Kier molecular flexibility index (Phi) is 4.52. The lowest BCUT2D eigenvalue weighted by molar-refractivity contribution is 0.0986. The van der Waals surface area contributed by atoms with E-state index in [1.54, 1.807) is 19.3 Å². The molecule has 0 saturated heterocycles. The number of carbonyl (C=O) groups is 2. The van der Waals surface area contributed by atoms with Crippen molar-refractivity contribution in [3.05, 3.63) is 53.1 Å². The van der Waals surface area contributed by atoms with Gasteiger partial charge in [0.1, 0.15) is 5.69 Å². The number of Topliss-reactive ketones (excluding diaryl/α,β-unsaturated/α-hetero) is 1. The lowest BCUT2D eigenvalue weighted by Gasteiger charge is -2.13. The summed E-state index contributed by atoms with van der Waals surface area (Å²) in [5.74, 6) is -0.826. The van der Waals surface area contributed by atoms with E-state index in [0.29, 0.717) is 24.5 Å². The fourth-order valence-corrected chi connectivity index (χ4v) is 2.67. The van der Waals surface area contributed by atoms with Crippen LogP contribution in [0.15, 0.2) is 30.5 Å². The van der Waals surface area contributed by atoms with Crippen molar-refractivity contribution in [3.63, 3.8) is 0 Å². The van der Waals surface area contributed by atoms with E-state index in [9.17, 15) is 9.59 Å². The first-order chi connectivity index (χ1) is 11.5. The second-order valence-electron chi connectivity index (χ2n) is 5.60. The second-order valence-corrected chi connectivity index (χ2v) is 5.60. The number of nitrogens with zero attached hydrogens (tertiary/aromatic N) is 3. The number of primary amides is 1. The quantitative estimate of drug-likeness (QED) is 0.831. The van der Waals surface area contributed by atoms with E-state index in [1.165, 1.54) is 4.68 Å². The Bertz CT molecular complexity index is 823. The summed E-state index contributed by atoms with van der Waals surface area (Å²) in [7, 11) is 1.68. The predicted octanol–water partition coefficient (Wildman–Crippen LogP) is 1.14. The maximum absolute atomic E-state index is 12.5. The van der Waals surface area contributed by atoms with Crippen LogP contribution >= 0.6 is 0 Å². The number of hydrogen-bond acceptors (Lipinski definition) is 5. The second kappa shape index (κ2) is 6.76. The van der Waals surface area contributed by atoms with Crippen LogP contribution in [-0.2, 0) is 18.2 Å². The zero-order valence-corrected chi connectivity index (χ0v) is 13.4. The molecule has 0 spiro atoms. The molecule has 0 radical (unpaired) electrons. The number of ether oxygens (including phenoxy) is 1. The van der Waals surface area contributed by atoms with Crippen LogP contribution in [0.4, 0.5) is 0 Å². The number of ketones is 1. The van der Waals surface area contributed by atoms with E-state index < -0.39 is 5.91 Å². The molecule has 1 aliphatic rings. The summed E-state index contributed by atoms with van der Waals surface area (Å²) in [6, 6.07) is 5.36. The highest BCUT2D eigenvalue weighted by Gasteiger charge is 2.18. The number of nitrogens with two attached hydrogens (primary N) is 1. The molecule has 2 aromatic heterocycles. The van der Waals surface area contributed by atoms with Gasteiger partial charge in [-0.3, -0.25) is 14.3 Å². The van der Waals surface area contributed by atoms with E-state index in [0.717, 1.165) is 17.7 Å². The van der Waals surface area contributed by atoms with Crippen LogP contribution in [0.3, 0.4) is 0 Å². The molecule has 0 atom stereocenters. The third-order valence-electron chi connectivity index (χ3n) is 3.82. The first kappa shape index (κ1) is 16.1. The number of aromatic nitrogens is 3. The van der Waals surface area contributed by atoms with E-state index in [-0.39, 0.29) is 17.9 Å². The van der Waals surface area contributed by atoms with Crippen molar-refractivity contribution in [1.29, 1.82) is 0 Å². The maximum atomic E-state index is 12.5. The van der Waals surface area contributed by atoms with Crippen LogP contribution in [-0.4, -0.2) is 39.7 Å². The van der Waals surface area contributed by atoms with Crippen molar-refractivity contribution >= 4 is 17.3 Å². The first-order valence-electron chi connectivity index (χ1n) is 7.64. The summed E-state index contributed by atoms with van der Waals surface area (Å²) in [5.41, 5.74) is 8.15. The summed E-state index contributed by atoms with van der Waals surface area (Å²) >= 11 is 0. The smallest absolute Gasteiger partial charge is 0.269 e. The van der Waals surface area contributed by atoms with Crippen molar-refractivity contribution in [1.82, 2.24) is 14.8 Å². The normalized spacial score (nSPS) is 14.3. The largest absolute Gasteiger partial charge is 0.377 e. The molecular weight excluding hydrogens is 308 g/mol. The standard InChI is InChI=1S/C17H18N4O3/c1-21-10-12(16(20-21)17(18)23)9-15(22)14-4-2-3-13(19-14)11-5-7-24-8-6-11/h2-5,10H,6-9H2,1H3,(H2,18,23). The fraction of sp³-hybridized carbons (Fsp3) is 0.294. The highest BCUT2D eigenvalue weighted by Crippen LogP contribution is 2.20. The maximum Gasteiger partial charge on any atom is 0.269 e. The number of aryl methyl sites for hydroxylation is 1. The van der Waals surface area contributed by atoms with Gasteiger partial charge < -0.3 is 10.5 Å². The minimum Gasteiger partial charge on any atom is -0.377 e. The molecule has 1 aliphatic heterocycles. The van der Waals surface area contributed by atoms with Crippen molar-refractivity contribution in [3.8, 4) is 0 Å². The van der Waals surface area contributed by atoms with Gasteiger partial charge in [0.05, 0.1) is 18.9 Å². The van der Waals surface area contributed by atoms with Gasteiger partial charge in [-0.1, -0.05) is 12.1 Å². The van der Waals surface area contributed by atoms with Crippen LogP contribution in [0.5, 0.6) is 0 Å². The van der Waals surface area contributed by atoms with E-state index in [1.807, 2.05) is 18.2 Å². The molecule has 0 bridgehead atoms. The molecule has 2 N–H and O–H groups in total. The Balaban J connectivity index is 1.83. The lowest BCUT2D eigenvalue weighted by Crippen LogP contribution is -2.16. The SMILES string of the molecule is Cn1cc(CC(=O)c2cccc(C3=CCOCC3)n2)c(C(N)=O)n1. The zero-order chi connectivity index (χ0) is 17.1. The summed E-state index contributed by atoms with van der Waals surface area (Å²) in [6.07, 6.45) is 4.42. The Labute approximate surface area is 139 Å². The molecule has 0 aliphatic carbocycles. The number of hydrogen-bond donors (Lipinski definition) is 1. The predicted molar refractivity (Wildman–Crippen MR) is 87.4 cm³/mol. The Morgan fingerprint density at radius 2 is 2.21 bits per heavy atom. The minimum absolute atomic E-state index is 0.0325. The third-order valence-corrected chi connectivity index (χ3v) is 3.82. The van der Waals surface area contributed by atoms with Crippen molar-refractivity contribution < 1.29 is 14.3 Å². The average molecular weight is 326 g/mol. The molecule has 3 heterocycles. The fourth-order valence-electron chi connectivity index (χ4n) is 2.67. The highest BCUT2D eigenvalue weighted by atomic mass is 16.5. The Morgan fingerprint density at radius 3 is 2.92 bits per heavy atom. The third kappa shape index (κ3) is 3.41. The van der Waals surface area contributed by atoms with Crippen LogP contribution in [0, 0.1) is 0 Å². The Hall–Kier alpha value is -2.80. The summed E-state index contributed by atoms with van der Waals surface area (Å²) < 4.78 is 6.76. The molecule has 0 saturated carbocycles. The molecule has 3 rings (SSSR count). The number of rotatable bonds is 5. The van der Waals surface area contributed by atoms with Gasteiger partial charge in [0.25, 0.3) is 5.91 Å². The summed E-state index contributed by atoms with van der Waals surface area (Å²) in [6.45, 7) is 1.22. The van der Waals surface area contributed by atoms with E-state index >= 15 is 0 Å². The zero-order valence-electron chi connectivity index (χ0n) is 13.4. The molecule has 0 fully saturated rings. The number of amides is 1. The molecule has 24 heavy (non-hydrogen) atoms. The average Bonchev–Trinajstić information content (AvgIpc) is 2.96. The summed E-state index contributed by atoms with van der Waals surface area (Å²) in [5, 5.41) is 3.99. The molecule has 124 valence electrons. The van der Waals surface area contributed by atoms with Gasteiger partial charge in [0.2, 0.25) is 0 Å². The van der Waals surface area contributed by atoms with Gasteiger partial charge in [-0.25, -0.2) is 4.98 Å². The topological polar surface area (TPSA) is 100 Å². The van der Waals surface area contributed by atoms with Crippen LogP contribution in [0.1, 0.15) is 38.7 Å². The van der Waals surface area contributed by atoms with E-state index in [2.05, 4.69) is 10.1 Å². The van der Waals surface area contributed by atoms with Gasteiger partial charge in [-0.15, -0.1) is 0 Å². The molecular formula is C17H18N4O3. The molecule has 0 aromatic carbocycles. The van der Waals surface area contributed by atoms with Crippen molar-refractivity contribution in [2.24, 2.45) is 12.8 Å². The summed E-state index contributed by atoms with van der Waals surface area (Å²) in [4.78, 5) is 28.4. The van der Waals surface area contributed by atoms with Gasteiger partial charge in [0, 0.05) is 25.2 Å². The lowest BCUT2D eigenvalue weighted by atomic mass is 10.0. The Morgan fingerprint density at radius 1 is 1.38 bits per heavy atom. The number of pyridine rings is 1. The molecule has 7 nitrogen and oxygen atoms in total. The van der Waals surface area contributed by atoms with Gasteiger partial charge in [-0.05, 0) is 24.1 Å². The molecule has 2 aromatic rings. The molecule has 1 amide bonds. The van der Waals surface area contributed by atoms with Crippen molar-refractivity contribution in [2.45, 2.75) is 12.8 Å². The molecule has 0 unspecified atom stereocenters. The van der Waals surface area contributed by atoms with Crippen LogP contribution in [0.2, 0.25) is 0 Å². The van der Waals surface area contributed by atoms with Crippen LogP contribution < -0.4 is 5.73 Å². The highest BCUT2D eigenvalue weighted by molar-refractivity contribution is 5.99. The number of carbonyl (C=O) groups excluding carboxylic acids is 2. The van der Waals surface area contributed by atoms with Crippen molar-refractivity contribution in [2.75, 3.05) is 13.2 Å².